The number of halogens is 2. The van der Waals surface area contributed by atoms with Crippen molar-refractivity contribution in [3.8, 4) is 0 Å². The molecule has 3 aromatic rings. The van der Waals surface area contributed by atoms with Crippen LogP contribution in [0.3, 0.4) is 0 Å². The number of rotatable bonds is 9. The third-order valence-corrected chi connectivity index (χ3v) is 5.68. The van der Waals surface area contributed by atoms with Crippen LogP contribution in [0.5, 0.6) is 0 Å². The highest BCUT2D eigenvalue weighted by molar-refractivity contribution is 6.39. The molecular weight excluding hydrogens is 491 g/mol. The van der Waals surface area contributed by atoms with Crippen molar-refractivity contribution in [2.75, 3.05) is 0 Å². The fourth-order valence-corrected chi connectivity index (χ4v) is 3.93. The molecule has 0 saturated heterocycles. The van der Waals surface area contributed by atoms with Gasteiger partial charge in [0.05, 0.1) is 21.3 Å². The summed E-state index contributed by atoms with van der Waals surface area (Å²) in [5, 5.41) is 12.3. The Labute approximate surface area is 211 Å². The monoisotopic (exact) mass is 512 g/mol. The van der Waals surface area contributed by atoms with E-state index in [2.05, 4.69) is 10.3 Å². The number of guanidine groups is 1. The zero-order valence-electron chi connectivity index (χ0n) is 18.4. The lowest BCUT2D eigenvalue weighted by molar-refractivity contribution is -0.139. The van der Waals surface area contributed by atoms with E-state index in [1.807, 2.05) is 0 Å². The van der Waals surface area contributed by atoms with Gasteiger partial charge in [0.25, 0.3) is 5.91 Å². The molecule has 1 amide bonds. The average molecular weight is 513 g/mol. The van der Waals surface area contributed by atoms with Crippen LogP contribution in [0.2, 0.25) is 10.0 Å². The Hall–Kier alpha value is -3.88. The van der Waals surface area contributed by atoms with Gasteiger partial charge in [-0.05, 0) is 35.4 Å². The van der Waals surface area contributed by atoms with Crippen LogP contribution in [-0.4, -0.2) is 34.8 Å². The number of amides is 1. The lowest BCUT2D eigenvalue weighted by Gasteiger charge is -2.16. The SMILES string of the molecule is NC(N)=Nc1cccc(C(=O)Cc2ccc(C[C@H](NC(=O)c3c(Cl)cccc3Cl)C(=O)O)cc2)c1. The highest BCUT2D eigenvalue weighted by Gasteiger charge is 2.24. The number of carboxylic acid groups (broad SMARTS) is 1. The first-order valence-corrected chi connectivity index (χ1v) is 11.2. The molecule has 0 aliphatic heterocycles. The smallest absolute Gasteiger partial charge is 0.326 e. The van der Waals surface area contributed by atoms with Crippen LogP contribution >= 0.6 is 23.2 Å². The fraction of sp³-hybridized carbons (Fsp3) is 0.120. The molecule has 3 aromatic carbocycles. The molecule has 35 heavy (non-hydrogen) atoms. The number of benzene rings is 3. The van der Waals surface area contributed by atoms with Gasteiger partial charge in [0.15, 0.2) is 11.7 Å². The van der Waals surface area contributed by atoms with Gasteiger partial charge in [-0.15, -0.1) is 0 Å². The highest BCUT2D eigenvalue weighted by atomic mass is 35.5. The zero-order chi connectivity index (χ0) is 25.5. The molecule has 0 unspecified atom stereocenters. The van der Waals surface area contributed by atoms with Crippen molar-refractivity contribution >= 4 is 52.5 Å². The maximum absolute atomic E-state index is 12.7. The van der Waals surface area contributed by atoms with Gasteiger partial charge < -0.3 is 21.9 Å². The molecule has 0 aliphatic carbocycles. The number of nitrogens with two attached hydrogens (primary N) is 2. The van der Waals surface area contributed by atoms with E-state index in [4.69, 9.17) is 34.7 Å². The predicted octanol–water partition coefficient (Wildman–Crippen LogP) is 3.75. The van der Waals surface area contributed by atoms with Crippen molar-refractivity contribution in [2.45, 2.75) is 18.9 Å². The van der Waals surface area contributed by atoms with Crippen LogP contribution in [0.15, 0.2) is 71.7 Å². The second kappa shape index (κ2) is 11.5. The van der Waals surface area contributed by atoms with Crippen LogP contribution in [0, 0.1) is 0 Å². The van der Waals surface area contributed by atoms with E-state index in [9.17, 15) is 19.5 Å². The number of Topliss-reactive ketones (excluding diaryl/α,β-unsaturated/α-hetero) is 1. The van der Waals surface area contributed by atoms with Gasteiger partial charge >= 0.3 is 5.97 Å². The molecule has 0 bridgehead atoms. The Morgan fingerprint density at radius 1 is 0.914 bits per heavy atom. The molecule has 0 heterocycles. The number of ketones is 1. The van der Waals surface area contributed by atoms with Gasteiger partial charge in [-0.1, -0.05) is 65.7 Å². The van der Waals surface area contributed by atoms with Crippen molar-refractivity contribution in [1.29, 1.82) is 0 Å². The second-order valence-corrected chi connectivity index (χ2v) is 8.48. The molecule has 3 rings (SSSR count). The van der Waals surface area contributed by atoms with E-state index in [1.165, 1.54) is 12.1 Å². The van der Waals surface area contributed by atoms with Gasteiger partial charge in [-0.25, -0.2) is 9.79 Å². The number of carbonyl (C=O) groups excluding carboxylic acids is 2. The fourth-order valence-electron chi connectivity index (χ4n) is 3.36. The number of carbonyl (C=O) groups is 3. The molecule has 0 spiro atoms. The Kier molecular flexibility index (Phi) is 8.46. The predicted molar refractivity (Wildman–Crippen MR) is 135 cm³/mol. The van der Waals surface area contributed by atoms with Crippen LogP contribution in [-0.2, 0) is 17.6 Å². The van der Waals surface area contributed by atoms with E-state index < -0.39 is 17.9 Å². The van der Waals surface area contributed by atoms with Crippen molar-refractivity contribution in [2.24, 2.45) is 16.5 Å². The number of nitrogens with zero attached hydrogens (tertiary/aromatic N) is 1. The first-order chi connectivity index (χ1) is 16.6. The summed E-state index contributed by atoms with van der Waals surface area (Å²) in [6.45, 7) is 0. The zero-order valence-corrected chi connectivity index (χ0v) is 19.9. The maximum atomic E-state index is 12.7. The number of aliphatic imine (C=N–C) groups is 1. The van der Waals surface area contributed by atoms with Gasteiger partial charge in [0.2, 0.25) is 0 Å². The maximum Gasteiger partial charge on any atom is 0.326 e. The normalized spacial score (nSPS) is 11.4. The van der Waals surface area contributed by atoms with E-state index in [-0.39, 0.29) is 40.2 Å². The van der Waals surface area contributed by atoms with E-state index in [1.54, 1.807) is 54.6 Å². The quantitative estimate of drug-likeness (QED) is 0.195. The van der Waals surface area contributed by atoms with Gasteiger partial charge in [-0.3, -0.25) is 9.59 Å². The lowest BCUT2D eigenvalue weighted by atomic mass is 9.99. The standard InChI is InChI=1S/C25H22Cl2N4O4/c26-18-5-2-6-19(27)22(18)23(33)31-20(24(34)35)11-14-7-9-15(10-8-14)12-21(32)16-3-1-4-17(13-16)30-25(28)29/h1-10,13,20H,11-12H2,(H,31,33)(H,34,35)(H4,28,29,30)/t20-/m0/s1. The molecule has 0 radical (unpaired) electrons. The average Bonchev–Trinajstić information content (AvgIpc) is 2.79. The van der Waals surface area contributed by atoms with E-state index >= 15 is 0 Å². The summed E-state index contributed by atoms with van der Waals surface area (Å²) < 4.78 is 0. The minimum Gasteiger partial charge on any atom is -0.480 e. The molecule has 0 aromatic heterocycles. The molecule has 0 saturated carbocycles. The summed E-state index contributed by atoms with van der Waals surface area (Å²) in [5.41, 5.74) is 13.1. The molecular formula is C25H22Cl2N4O4. The van der Waals surface area contributed by atoms with E-state index in [0.29, 0.717) is 16.8 Å². The van der Waals surface area contributed by atoms with Crippen LogP contribution in [0.1, 0.15) is 31.8 Å². The summed E-state index contributed by atoms with van der Waals surface area (Å²) >= 11 is 12.1. The molecule has 0 aliphatic rings. The molecule has 6 N–H and O–H groups in total. The number of hydrogen-bond acceptors (Lipinski definition) is 4. The summed E-state index contributed by atoms with van der Waals surface area (Å²) in [6, 6.07) is 16.9. The first kappa shape index (κ1) is 25.7. The molecule has 0 fully saturated rings. The first-order valence-electron chi connectivity index (χ1n) is 10.4. The van der Waals surface area contributed by atoms with Crippen LogP contribution in [0.4, 0.5) is 5.69 Å². The number of hydrogen-bond donors (Lipinski definition) is 4. The van der Waals surface area contributed by atoms with Crippen molar-refractivity contribution in [3.05, 3.63) is 99.0 Å². The van der Waals surface area contributed by atoms with Gasteiger partial charge in [0.1, 0.15) is 6.04 Å². The summed E-state index contributed by atoms with van der Waals surface area (Å²) in [7, 11) is 0. The van der Waals surface area contributed by atoms with Crippen LogP contribution in [0.25, 0.3) is 0 Å². The van der Waals surface area contributed by atoms with E-state index in [0.717, 1.165) is 5.56 Å². The molecule has 1 atom stereocenters. The molecule has 180 valence electrons. The van der Waals surface area contributed by atoms with Gasteiger partial charge in [-0.2, -0.15) is 0 Å². The Balaban J connectivity index is 1.67. The Bertz CT molecular complexity index is 1270. The second-order valence-electron chi connectivity index (χ2n) is 7.67. The lowest BCUT2D eigenvalue weighted by Crippen LogP contribution is -2.42. The van der Waals surface area contributed by atoms with Crippen LogP contribution < -0.4 is 16.8 Å². The number of carboxylic acids is 1. The summed E-state index contributed by atoms with van der Waals surface area (Å²) in [5.74, 6) is -2.12. The van der Waals surface area contributed by atoms with Crippen molar-refractivity contribution in [1.82, 2.24) is 5.32 Å². The molecule has 8 nitrogen and oxygen atoms in total. The minimum absolute atomic E-state index is 0.0138. The highest BCUT2D eigenvalue weighted by Crippen LogP contribution is 2.24. The molecule has 10 heteroatoms. The van der Waals surface area contributed by atoms with Gasteiger partial charge in [0, 0.05) is 18.4 Å². The minimum atomic E-state index is -1.21. The largest absolute Gasteiger partial charge is 0.480 e. The van der Waals surface area contributed by atoms with Crippen molar-refractivity contribution in [3.63, 3.8) is 0 Å². The van der Waals surface area contributed by atoms with Crippen molar-refractivity contribution < 1.29 is 19.5 Å². The number of aliphatic carboxylic acids is 1. The number of nitrogens with one attached hydrogen (secondary N) is 1. The Morgan fingerprint density at radius 3 is 2.11 bits per heavy atom. The summed E-state index contributed by atoms with van der Waals surface area (Å²) in [6.07, 6.45) is 0.160. The topological polar surface area (TPSA) is 148 Å². The Morgan fingerprint density at radius 2 is 1.51 bits per heavy atom. The third kappa shape index (κ3) is 7.05. The summed E-state index contributed by atoms with van der Waals surface area (Å²) in [4.78, 5) is 40.9. The third-order valence-electron chi connectivity index (χ3n) is 5.05.